The predicted molar refractivity (Wildman–Crippen MR) is 231 cm³/mol. The van der Waals surface area contributed by atoms with E-state index in [0.717, 1.165) is 50.5 Å². The quantitative estimate of drug-likeness (QED) is 0.173. The van der Waals surface area contributed by atoms with Crippen LogP contribution >= 0.6 is 0 Å². The van der Waals surface area contributed by atoms with Gasteiger partial charge in [-0.1, -0.05) is 117 Å². The second kappa shape index (κ2) is 13.2. The minimum absolute atomic E-state index is 0.148. The minimum atomic E-state index is -0.268. The highest BCUT2D eigenvalue weighted by atomic mass is 19.1. The van der Waals surface area contributed by atoms with E-state index < -0.39 is 0 Å². The van der Waals surface area contributed by atoms with Crippen LogP contribution in [0.1, 0.15) is 38.9 Å². The molecule has 0 saturated carbocycles. The molecular weight excluding hydrogens is 671 g/mol. The van der Waals surface area contributed by atoms with Crippen molar-refractivity contribution in [3.8, 4) is 6.07 Å². The number of hydrogen-bond acceptors (Lipinski definition) is 3. The Hall–Kier alpha value is -6.31. The molecule has 0 fully saturated rings. The lowest BCUT2D eigenvalue weighted by atomic mass is 9.30. The van der Waals surface area contributed by atoms with Gasteiger partial charge < -0.3 is 9.80 Å². The normalized spacial score (nSPS) is 12.8. The average molecular weight is 712 g/mol. The Bertz CT molecular complexity index is 2670. The molecule has 0 radical (unpaired) electrons. The van der Waals surface area contributed by atoms with Gasteiger partial charge in [-0.25, -0.2) is 4.39 Å². The SMILES string of the molecule is Cc1cc(C)c(B2c3cc(C#N)ccc3N(c3ccccc3)c3cc4c(cc32)B(c2c(C)cc(C)cc2C)c2ccc(F)cc2N4c2ccccc2)c(C)c1. The molecule has 0 spiro atoms. The summed E-state index contributed by atoms with van der Waals surface area (Å²) >= 11 is 0. The van der Waals surface area contributed by atoms with E-state index in [0.29, 0.717) is 5.56 Å². The number of benzene rings is 7. The topological polar surface area (TPSA) is 30.3 Å². The van der Waals surface area contributed by atoms with Crippen LogP contribution in [0.25, 0.3) is 0 Å². The van der Waals surface area contributed by atoms with Crippen molar-refractivity contribution in [1.29, 1.82) is 5.26 Å². The van der Waals surface area contributed by atoms with Crippen LogP contribution in [-0.2, 0) is 0 Å². The summed E-state index contributed by atoms with van der Waals surface area (Å²) in [4.78, 5) is 4.60. The summed E-state index contributed by atoms with van der Waals surface area (Å²) in [6.07, 6.45) is 0. The van der Waals surface area contributed by atoms with E-state index in [1.807, 2.05) is 36.4 Å². The molecule has 0 bridgehead atoms. The van der Waals surface area contributed by atoms with Crippen molar-refractivity contribution < 1.29 is 4.39 Å². The molecule has 2 aliphatic rings. The second-order valence-corrected chi connectivity index (χ2v) is 15.4. The molecule has 0 atom stereocenters. The number of fused-ring (bicyclic) bond motifs is 4. The maximum absolute atomic E-state index is 15.6. The fourth-order valence-corrected chi connectivity index (χ4v) is 9.69. The number of rotatable bonds is 4. The molecule has 6 heteroatoms. The largest absolute Gasteiger partial charge is 0.311 e. The zero-order chi connectivity index (χ0) is 38.1. The molecule has 3 nitrogen and oxygen atoms in total. The van der Waals surface area contributed by atoms with Gasteiger partial charge in [0.1, 0.15) is 5.82 Å². The highest BCUT2D eigenvalue weighted by Gasteiger charge is 2.43. The molecule has 7 aromatic carbocycles. The van der Waals surface area contributed by atoms with Gasteiger partial charge in [0.05, 0.1) is 11.6 Å². The first kappa shape index (κ1) is 34.5. The molecule has 0 unspecified atom stereocenters. The summed E-state index contributed by atoms with van der Waals surface area (Å²) in [6, 6.07) is 48.6. The summed E-state index contributed by atoms with van der Waals surface area (Å²) < 4.78 is 15.6. The Balaban J connectivity index is 1.45. The molecule has 55 heavy (non-hydrogen) atoms. The molecule has 0 amide bonds. The molecule has 264 valence electrons. The molecule has 0 N–H and O–H groups in total. The first-order valence-electron chi connectivity index (χ1n) is 19.0. The van der Waals surface area contributed by atoms with Gasteiger partial charge in [0, 0.05) is 34.1 Å². The van der Waals surface area contributed by atoms with Crippen LogP contribution in [0.3, 0.4) is 0 Å². The molecular formula is C49H40B2FN3. The lowest BCUT2D eigenvalue weighted by Gasteiger charge is -2.42. The summed E-state index contributed by atoms with van der Waals surface area (Å²) in [5, 5.41) is 10.3. The highest BCUT2D eigenvalue weighted by Crippen LogP contribution is 2.42. The molecule has 0 aliphatic carbocycles. The summed E-state index contributed by atoms with van der Waals surface area (Å²) in [5.41, 5.74) is 20.9. The van der Waals surface area contributed by atoms with Gasteiger partial charge in [0.2, 0.25) is 13.4 Å². The first-order chi connectivity index (χ1) is 26.6. The lowest BCUT2D eigenvalue weighted by Crippen LogP contribution is -2.63. The number of anilines is 6. The van der Waals surface area contributed by atoms with Gasteiger partial charge in [-0.3, -0.25) is 0 Å². The van der Waals surface area contributed by atoms with E-state index in [1.54, 1.807) is 12.1 Å². The Morgan fingerprint density at radius 2 is 0.909 bits per heavy atom. The number of nitriles is 1. The maximum Gasteiger partial charge on any atom is 0.247 e. The Morgan fingerprint density at radius 1 is 0.455 bits per heavy atom. The van der Waals surface area contributed by atoms with E-state index in [4.69, 9.17) is 0 Å². The van der Waals surface area contributed by atoms with E-state index >= 15 is 4.39 Å². The van der Waals surface area contributed by atoms with Crippen molar-refractivity contribution in [1.82, 2.24) is 0 Å². The van der Waals surface area contributed by atoms with Gasteiger partial charge in [-0.2, -0.15) is 5.26 Å². The Kier molecular flexibility index (Phi) is 8.28. The van der Waals surface area contributed by atoms with Crippen LogP contribution < -0.4 is 42.6 Å². The number of aryl methyl sites for hydroxylation is 6. The fraction of sp³-hybridized carbons (Fsp3) is 0.122. The number of nitrogens with zero attached hydrogens (tertiary/aromatic N) is 3. The smallest absolute Gasteiger partial charge is 0.247 e. The highest BCUT2D eigenvalue weighted by molar-refractivity contribution is 7.01. The van der Waals surface area contributed by atoms with E-state index in [2.05, 4.69) is 142 Å². The Morgan fingerprint density at radius 3 is 1.42 bits per heavy atom. The molecule has 0 saturated heterocycles. The van der Waals surface area contributed by atoms with Gasteiger partial charge >= 0.3 is 0 Å². The first-order valence-corrected chi connectivity index (χ1v) is 19.0. The maximum atomic E-state index is 15.6. The van der Waals surface area contributed by atoms with Crippen molar-refractivity contribution in [2.24, 2.45) is 0 Å². The standard InChI is InChI=1S/C49H40B2FN3/c1-30-21-32(3)48(33(4)22-30)50-40-19-18-37(52)26-45(40)55(39-15-11-8-12-16-39)47-28-46-43(27-42(47)50)51(49-34(5)23-31(2)24-35(49)6)41-25-36(29-53)17-20-44(41)54(46)38-13-9-7-10-14-38/h7-28H,1-6H3. The zero-order valence-corrected chi connectivity index (χ0v) is 32.1. The van der Waals surface area contributed by atoms with Crippen molar-refractivity contribution >= 4 is 80.3 Å². The van der Waals surface area contributed by atoms with E-state index in [1.165, 1.54) is 49.8 Å². The van der Waals surface area contributed by atoms with Gasteiger partial charge in [-0.05, 0) is 124 Å². The van der Waals surface area contributed by atoms with Gasteiger partial charge in [0.15, 0.2) is 0 Å². The third kappa shape index (κ3) is 5.57. The Labute approximate surface area is 324 Å². The fourth-order valence-electron chi connectivity index (χ4n) is 9.69. The van der Waals surface area contributed by atoms with Crippen LogP contribution in [0, 0.1) is 58.7 Å². The van der Waals surface area contributed by atoms with E-state index in [-0.39, 0.29) is 19.2 Å². The number of hydrogen-bond donors (Lipinski definition) is 0. The molecule has 7 aromatic rings. The van der Waals surface area contributed by atoms with E-state index in [9.17, 15) is 5.26 Å². The van der Waals surface area contributed by atoms with Crippen LogP contribution in [0.2, 0.25) is 0 Å². The van der Waals surface area contributed by atoms with Crippen molar-refractivity contribution in [2.75, 3.05) is 9.80 Å². The molecule has 9 rings (SSSR count). The zero-order valence-electron chi connectivity index (χ0n) is 32.1. The number of halogens is 1. The minimum Gasteiger partial charge on any atom is -0.311 e. The second-order valence-electron chi connectivity index (χ2n) is 15.4. The van der Waals surface area contributed by atoms with Gasteiger partial charge in [-0.15, -0.1) is 0 Å². The van der Waals surface area contributed by atoms with Crippen LogP contribution in [-0.4, -0.2) is 13.4 Å². The predicted octanol–water partition coefficient (Wildman–Crippen LogP) is 8.15. The van der Waals surface area contributed by atoms with Crippen molar-refractivity contribution in [3.05, 3.63) is 178 Å². The average Bonchev–Trinajstić information content (AvgIpc) is 3.16. The number of para-hydroxylation sites is 2. The van der Waals surface area contributed by atoms with Crippen LogP contribution in [0.5, 0.6) is 0 Å². The third-order valence-electron chi connectivity index (χ3n) is 11.6. The summed E-state index contributed by atoms with van der Waals surface area (Å²) in [7, 11) is 0. The molecule has 0 aromatic heterocycles. The summed E-state index contributed by atoms with van der Waals surface area (Å²) in [6.45, 7) is 12.8. The summed E-state index contributed by atoms with van der Waals surface area (Å²) in [5.74, 6) is -0.268. The van der Waals surface area contributed by atoms with Crippen LogP contribution in [0.4, 0.5) is 38.5 Å². The lowest BCUT2D eigenvalue weighted by molar-refractivity contribution is 0.628. The van der Waals surface area contributed by atoms with Crippen LogP contribution in [0.15, 0.2) is 133 Å². The monoisotopic (exact) mass is 711 g/mol. The van der Waals surface area contributed by atoms with Crippen molar-refractivity contribution in [2.45, 2.75) is 41.5 Å². The van der Waals surface area contributed by atoms with Gasteiger partial charge in [0.25, 0.3) is 0 Å². The molecule has 2 heterocycles. The van der Waals surface area contributed by atoms with Crippen molar-refractivity contribution in [3.63, 3.8) is 0 Å². The third-order valence-corrected chi connectivity index (χ3v) is 11.6. The molecule has 2 aliphatic heterocycles.